The topological polar surface area (TPSA) is 155 Å². The number of morpholine rings is 1. The van der Waals surface area contributed by atoms with Gasteiger partial charge in [0.1, 0.15) is 11.9 Å². The second-order valence-electron chi connectivity index (χ2n) is 13.5. The average Bonchev–Trinajstić information content (AvgIpc) is 3.86. The first-order valence-corrected chi connectivity index (χ1v) is 18.9. The summed E-state index contributed by atoms with van der Waals surface area (Å²) in [5.41, 5.74) is 0.817. The van der Waals surface area contributed by atoms with E-state index < -0.39 is 34.4 Å². The molecule has 14 nitrogen and oxygen atoms in total. The smallest absolute Gasteiger partial charge is 0.407 e. The number of carbonyl (C=O) groups is 1. The average molecular weight is 720 g/mol. The lowest BCUT2D eigenvalue weighted by atomic mass is 10.0. The Labute approximate surface area is 293 Å². The third-order valence-corrected chi connectivity index (χ3v) is 11.2. The fraction of sp³-hybridized carbons (Fsp3) is 0.629. The van der Waals surface area contributed by atoms with E-state index >= 15 is 0 Å². The highest BCUT2D eigenvalue weighted by Crippen LogP contribution is 2.35. The van der Waals surface area contributed by atoms with Crippen molar-refractivity contribution in [3.63, 3.8) is 0 Å². The molecule has 0 spiro atoms. The van der Waals surface area contributed by atoms with Crippen molar-refractivity contribution in [2.75, 3.05) is 72.6 Å². The third-order valence-electron chi connectivity index (χ3n) is 9.32. The molecule has 3 fully saturated rings. The minimum atomic E-state index is -4.06. The normalized spacial score (nSPS) is 23.2. The third kappa shape index (κ3) is 9.37. The van der Waals surface area contributed by atoms with Gasteiger partial charge in [-0.15, -0.1) is 0 Å². The van der Waals surface area contributed by atoms with E-state index in [-0.39, 0.29) is 55.9 Å². The molecule has 0 aliphatic carbocycles. The van der Waals surface area contributed by atoms with Crippen molar-refractivity contribution in [3.8, 4) is 17.2 Å². The van der Waals surface area contributed by atoms with Gasteiger partial charge in [0.25, 0.3) is 0 Å². The van der Waals surface area contributed by atoms with E-state index in [9.17, 15) is 18.3 Å². The summed E-state index contributed by atoms with van der Waals surface area (Å²) in [5, 5.41) is 14.5. The minimum absolute atomic E-state index is 0.0140. The number of benzene rings is 2. The van der Waals surface area contributed by atoms with Crippen LogP contribution in [-0.4, -0.2) is 126 Å². The first-order chi connectivity index (χ1) is 24.2. The van der Waals surface area contributed by atoms with E-state index in [1.165, 1.54) is 16.4 Å². The molecule has 0 unspecified atom stereocenters. The monoisotopic (exact) mass is 719 g/mol. The Bertz CT molecular complexity index is 1520. The number of ether oxygens (including phenoxy) is 7. The molecule has 4 aliphatic heterocycles. The first kappa shape index (κ1) is 36.6. The number of rotatable bonds is 16. The molecule has 50 heavy (non-hydrogen) atoms. The van der Waals surface area contributed by atoms with Crippen LogP contribution in [0.25, 0.3) is 0 Å². The second-order valence-corrected chi connectivity index (χ2v) is 15.5. The van der Waals surface area contributed by atoms with Gasteiger partial charge in [-0.3, -0.25) is 4.90 Å². The summed E-state index contributed by atoms with van der Waals surface area (Å²) >= 11 is 0. The van der Waals surface area contributed by atoms with E-state index in [2.05, 4.69) is 10.2 Å². The number of aliphatic hydroxyl groups excluding tert-OH is 1. The van der Waals surface area contributed by atoms with Gasteiger partial charge in [-0.1, -0.05) is 26.0 Å². The number of nitrogens with zero attached hydrogens (tertiary/aromatic N) is 2. The highest BCUT2D eigenvalue weighted by atomic mass is 32.2. The summed E-state index contributed by atoms with van der Waals surface area (Å²) in [6, 6.07) is 11.0. The van der Waals surface area contributed by atoms with Gasteiger partial charge in [-0.05, 0) is 55.0 Å². The number of fused-ring (bicyclic) bond motifs is 2. The fourth-order valence-corrected chi connectivity index (χ4v) is 8.27. The molecule has 2 N–H and O–H groups in total. The number of sulfonamides is 1. The Hall–Kier alpha value is -3.18. The molecular formula is C35H49N3O11S. The van der Waals surface area contributed by atoms with Crippen molar-refractivity contribution in [2.45, 2.75) is 62.5 Å². The lowest BCUT2D eigenvalue weighted by Gasteiger charge is -2.31. The molecule has 2 aromatic carbocycles. The number of amides is 1. The van der Waals surface area contributed by atoms with Gasteiger partial charge in [0.05, 0.1) is 56.0 Å². The highest BCUT2D eigenvalue weighted by molar-refractivity contribution is 7.89. The summed E-state index contributed by atoms with van der Waals surface area (Å²) in [6.07, 6.45) is -1.05. The Morgan fingerprint density at radius 3 is 2.60 bits per heavy atom. The van der Waals surface area contributed by atoms with Crippen molar-refractivity contribution in [1.29, 1.82) is 0 Å². The van der Waals surface area contributed by atoms with E-state index in [1.54, 1.807) is 6.07 Å². The maximum absolute atomic E-state index is 13.9. The molecule has 0 aromatic heterocycles. The number of aliphatic hydroxyl groups is 1. The van der Waals surface area contributed by atoms with Crippen molar-refractivity contribution in [2.24, 2.45) is 11.8 Å². The standard InChI is InChI=1S/C35H49N3O11S/c1-24(2)20-38(50(41,42)27-8-9-31-32(19-27)48-23-47-31)21-30(39)29(36-35(40)49-33-22-46-34-28(33)10-15-45-34)18-25-4-6-26(7-5-25)44-14-3-11-37-12-16-43-17-13-37/h4-9,19,24,28-30,33-34,39H,3,10-18,20-23H2,1-2H3,(H,36,40)/t28-,29-,30+,33-,34+/m0/s1. The predicted molar refractivity (Wildman–Crippen MR) is 181 cm³/mol. The summed E-state index contributed by atoms with van der Waals surface area (Å²) in [5.74, 6) is 1.42. The Morgan fingerprint density at radius 1 is 1.04 bits per heavy atom. The molecule has 15 heteroatoms. The number of hydrogen-bond acceptors (Lipinski definition) is 12. The molecule has 6 rings (SSSR count). The molecule has 2 aromatic rings. The van der Waals surface area contributed by atoms with Crippen LogP contribution in [0.1, 0.15) is 32.3 Å². The van der Waals surface area contributed by atoms with Crippen LogP contribution >= 0.6 is 0 Å². The van der Waals surface area contributed by atoms with Crippen molar-refractivity contribution >= 4 is 16.1 Å². The van der Waals surface area contributed by atoms with E-state index in [1.807, 2.05) is 38.1 Å². The zero-order valence-corrected chi connectivity index (χ0v) is 29.6. The van der Waals surface area contributed by atoms with Crippen LogP contribution in [0, 0.1) is 11.8 Å². The highest BCUT2D eigenvalue weighted by Gasteiger charge is 2.44. The van der Waals surface area contributed by atoms with Gasteiger partial charge in [-0.2, -0.15) is 4.31 Å². The van der Waals surface area contributed by atoms with Gasteiger partial charge < -0.3 is 43.6 Å². The van der Waals surface area contributed by atoms with E-state index in [0.717, 1.165) is 51.3 Å². The summed E-state index contributed by atoms with van der Waals surface area (Å²) < 4.78 is 68.2. The van der Waals surface area contributed by atoms with E-state index in [0.29, 0.717) is 30.5 Å². The van der Waals surface area contributed by atoms with Crippen molar-refractivity contribution in [1.82, 2.24) is 14.5 Å². The van der Waals surface area contributed by atoms with Gasteiger partial charge >= 0.3 is 6.09 Å². The molecular weight excluding hydrogens is 670 g/mol. The Balaban J connectivity index is 1.13. The second kappa shape index (κ2) is 16.9. The quantitative estimate of drug-likeness (QED) is 0.245. The molecule has 1 amide bonds. The minimum Gasteiger partial charge on any atom is -0.494 e. The molecule has 0 radical (unpaired) electrons. The molecule has 5 atom stereocenters. The molecule has 0 saturated carbocycles. The number of carbonyl (C=O) groups excluding carboxylic acids is 1. The lowest BCUT2D eigenvalue weighted by Crippen LogP contribution is -2.51. The zero-order valence-electron chi connectivity index (χ0n) is 28.7. The van der Waals surface area contributed by atoms with Crippen molar-refractivity contribution < 1.29 is 51.5 Å². The number of alkyl carbamates (subject to hydrolysis) is 1. The SMILES string of the molecule is CC(C)CN(C[C@@H](O)[C@H](Cc1ccc(OCCCN2CCOCC2)cc1)NC(=O)O[C@H]1CO[C@H]2OCC[C@H]21)S(=O)(=O)c1ccc2c(c1)OCO2. The van der Waals surface area contributed by atoms with Crippen LogP contribution in [0.15, 0.2) is 47.4 Å². The van der Waals surface area contributed by atoms with E-state index in [4.69, 9.17) is 33.2 Å². The van der Waals surface area contributed by atoms with Crippen LogP contribution in [0.4, 0.5) is 4.79 Å². The lowest BCUT2D eigenvalue weighted by molar-refractivity contribution is -0.0907. The van der Waals surface area contributed by atoms with Crippen molar-refractivity contribution in [3.05, 3.63) is 48.0 Å². The van der Waals surface area contributed by atoms with Crippen LogP contribution in [0.5, 0.6) is 17.2 Å². The van der Waals surface area contributed by atoms with Gasteiger partial charge in [0.2, 0.25) is 16.8 Å². The maximum atomic E-state index is 13.9. The molecule has 276 valence electrons. The Kier molecular flexibility index (Phi) is 12.4. The number of hydrogen-bond donors (Lipinski definition) is 2. The van der Waals surface area contributed by atoms with Crippen LogP contribution in [-0.2, 0) is 35.4 Å². The van der Waals surface area contributed by atoms with Crippen LogP contribution < -0.4 is 19.5 Å². The largest absolute Gasteiger partial charge is 0.494 e. The van der Waals surface area contributed by atoms with Gasteiger partial charge in [0.15, 0.2) is 17.8 Å². The summed E-state index contributed by atoms with van der Waals surface area (Å²) in [4.78, 5) is 15.7. The molecule has 4 heterocycles. The van der Waals surface area contributed by atoms with Crippen LogP contribution in [0.3, 0.4) is 0 Å². The van der Waals surface area contributed by atoms with Crippen LogP contribution in [0.2, 0.25) is 0 Å². The maximum Gasteiger partial charge on any atom is 0.407 e. The molecule has 4 aliphatic rings. The first-order valence-electron chi connectivity index (χ1n) is 17.5. The zero-order chi connectivity index (χ0) is 35.1. The summed E-state index contributed by atoms with van der Waals surface area (Å²) in [6.45, 7) is 9.38. The van der Waals surface area contributed by atoms with Gasteiger partial charge in [-0.25, -0.2) is 13.2 Å². The Morgan fingerprint density at radius 2 is 1.82 bits per heavy atom. The fourth-order valence-electron chi connectivity index (χ4n) is 6.63. The number of nitrogens with one attached hydrogen (secondary N) is 1. The summed E-state index contributed by atoms with van der Waals surface area (Å²) in [7, 11) is -4.06. The molecule has 3 saturated heterocycles. The predicted octanol–water partition coefficient (Wildman–Crippen LogP) is 2.62. The van der Waals surface area contributed by atoms with Gasteiger partial charge in [0, 0.05) is 38.8 Å². The molecule has 0 bridgehead atoms.